The van der Waals surface area contributed by atoms with Crippen LogP contribution in [0.15, 0.2) is 0 Å². The minimum absolute atomic E-state index is 0.0570. The normalized spacial score (nSPS) is 22.4. The fraction of sp³-hybridized carbons (Fsp3) is 0.833. The molecule has 1 atom stereocenters. The van der Waals surface area contributed by atoms with Crippen LogP contribution in [0.5, 0.6) is 0 Å². The van der Waals surface area contributed by atoms with Crippen molar-refractivity contribution in [2.24, 2.45) is 11.7 Å². The number of thioether (sulfide) groups is 1. The minimum atomic E-state index is -0.432. The van der Waals surface area contributed by atoms with Crippen molar-refractivity contribution in [2.45, 2.75) is 18.9 Å². The summed E-state index contributed by atoms with van der Waals surface area (Å²) in [6.07, 6.45) is 1.24. The Morgan fingerprint density at radius 3 is 2.47 bits per heavy atom. The summed E-state index contributed by atoms with van der Waals surface area (Å²) in [6.45, 7) is 2.04. The van der Waals surface area contributed by atoms with Crippen LogP contribution in [0.4, 0.5) is 4.79 Å². The van der Waals surface area contributed by atoms with Gasteiger partial charge in [-0.1, -0.05) is 0 Å². The van der Waals surface area contributed by atoms with Crippen molar-refractivity contribution < 1.29 is 14.3 Å². The van der Waals surface area contributed by atoms with Crippen LogP contribution in [0, 0.1) is 5.92 Å². The highest BCUT2D eigenvalue weighted by Crippen LogP contribution is 2.23. The van der Waals surface area contributed by atoms with Gasteiger partial charge in [0.25, 0.3) is 0 Å². The molecule has 0 aromatic rings. The van der Waals surface area contributed by atoms with E-state index < -0.39 is 6.04 Å². The third-order valence-corrected chi connectivity index (χ3v) is 4.80. The quantitative estimate of drug-likeness (QED) is 0.792. The Morgan fingerprint density at radius 2 is 1.95 bits per heavy atom. The number of likely N-dealkylation sites (tertiary alicyclic amines) is 1. The monoisotopic (exact) mass is 287 g/mol. The van der Waals surface area contributed by atoms with E-state index in [9.17, 15) is 9.59 Å². The summed E-state index contributed by atoms with van der Waals surface area (Å²) in [5.41, 5.74) is 6.09. The maximum atomic E-state index is 12.2. The molecule has 19 heavy (non-hydrogen) atoms. The van der Waals surface area contributed by atoms with Crippen LogP contribution in [-0.4, -0.2) is 66.2 Å². The molecule has 7 heteroatoms. The van der Waals surface area contributed by atoms with Crippen LogP contribution < -0.4 is 5.73 Å². The molecule has 0 radical (unpaired) electrons. The lowest BCUT2D eigenvalue weighted by molar-refractivity contribution is -0.132. The summed E-state index contributed by atoms with van der Waals surface area (Å²) < 4.78 is 4.69. The minimum Gasteiger partial charge on any atom is -0.453 e. The van der Waals surface area contributed by atoms with Gasteiger partial charge >= 0.3 is 6.09 Å². The number of ether oxygens (including phenoxy) is 1. The lowest BCUT2D eigenvalue weighted by atomic mass is 9.89. The maximum Gasteiger partial charge on any atom is 0.409 e. The van der Waals surface area contributed by atoms with Crippen LogP contribution in [0.2, 0.25) is 0 Å². The Balaban J connectivity index is 1.83. The molecule has 0 bridgehead atoms. The van der Waals surface area contributed by atoms with Gasteiger partial charge in [-0.25, -0.2) is 4.79 Å². The van der Waals surface area contributed by atoms with Gasteiger partial charge in [0.05, 0.1) is 19.0 Å². The number of nitrogens with two attached hydrogens (primary N) is 1. The highest BCUT2D eigenvalue weighted by molar-refractivity contribution is 7.99. The molecule has 2 fully saturated rings. The van der Waals surface area contributed by atoms with Crippen molar-refractivity contribution in [3.8, 4) is 0 Å². The molecule has 2 aliphatic rings. The molecule has 0 aromatic carbocycles. The SMILES string of the molecule is COC(=O)N1CCC([C@H](N)C(=O)N2CCSC2)CC1. The Labute approximate surface area is 117 Å². The Hall–Kier alpha value is -0.950. The lowest BCUT2D eigenvalue weighted by Crippen LogP contribution is -2.50. The number of carbonyl (C=O) groups is 2. The molecule has 0 saturated carbocycles. The summed E-state index contributed by atoms with van der Waals surface area (Å²) in [4.78, 5) is 27.1. The van der Waals surface area contributed by atoms with Crippen LogP contribution in [0.25, 0.3) is 0 Å². The molecule has 2 amide bonds. The second-order valence-electron chi connectivity index (χ2n) is 4.96. The molecule has 2 N–H and O–H groups in total. The zero-order chi connectivity index (χ0) is 13.8. The third-order valence-electron chi connectivity index (χ3n) is 3.83. The van der Waals surface area contributed by atoms with Gasteiger partial charge < -0.3 is 20.3 Å². The van der Waals surface area contributed by atoms with Crippen LogP contribution >= 0.6 is 11.8 Å². The number of nitrogens with zero attached hydrogens (tertiary/aromatic N) is 2. The highest BCUT2D eigenvalue weighted by atomic mass is 32.2. The third kappa shape index (κ3) is 3.33. The second kappa shape index (κ2) is 6.47. The van der Waals surface area contributed by atoms with E-state index >= 15 is 0 Å². The topological polar surface area (TPSA) is 75.9 Å². The van der Waals surface area contributed by atoms with Crippen molar-refractivity contribution in [3.63, 3.8) is 0 Å². The highest BCUT2D eigenvalue weighted by Gasteiger charge is 2.33. The number of carbonyl (C=O) groups excluding carboxylic acids is 2. The first kappa shape index (κ1) is 14.5. The van der Waals surface area contributed by atoms with E-state index in [4.69, 9.17) is 10.5 Å². The first-order valence-electron chi connectivity index (χ1n) is 6.58. The van der Waals surface area contributed by atoms with Crippen molar-refractivity contribution >= 4 is 23.8 Å². The zero-order valence-corrected chi connectivity index (χ0v) is 12.0. The average molecular weight is 287 g/mol. The first-order valence-corrected chi connectivity index (χ1v) is 7.74. The Kier molecular flexibility index (Phi) is 4.93. The predicted octanol–water partition coefficient (Wildman–Crippen LogP) is 0.325. The molecule has 0 aromatic heterocycles. The standard InChI is InChI=1S/C12H21N3O3S/c1-18-12(17)14-4-2-9(3-5-14)10(13)11(16)15-6-7-19-8-15/h9-10H,2-8,13H2,1H3/t10-/m0/s1. The second-order valence-corrected chi connectivity index (χ2v) is 6.03. The van der Waals surface area contributed by atoms with Crippen molar-refractivity contribution in [2.75, 3.05) is 38.4 Å². The number of methoxy groups -OCH3 is 1. The van der Waals surface area contributed by atoms with E-state index in [1.165, 1.54) is 7.11 Å². The molecular formula is C12H21N3O3S. The lowest BCUT2D eigenvalue weighted by Gasteiger charge is -2.34. The van der Waals surface area contributed by atoms with Crippen molar-refractivity contribution in [3.05, 3.63) is 0 Å². The number of rotatable bonds is 2. The smallest absolute Gasteiger partial charge is 0.409 e. The van der Waals surface area contributed by atoms with Gasteiger partial charge in [0.1, 0.15) is 0 Å². The maximum absolute atomic E-state index is 12.2. The van der Waals surface area contributed by atoms with E-state index in [1.807, 2.05) is 4.90 Å². The van der Waals surface area contributed by atoms with Gasteiger partial charge in [-0.3, -0.25) is 4.79 Å². The molecule has 2 saturated heterocycles. The summed E-state index contributed by atoms with van der Waals surface area (Å²) in [6, 6.07) is -0.432. The molecule has 108 valence electrons. The molecule has 2 aliphatic heterocycles. The van der Waals surface area contributed by atoms with Crippen LogP contribution in [-0.2, 0) is 9.53 Å². The van der Waals surface area contributed by atoms with Crippen LogP contribution in [0.1, 0.15) is 12.8 Å². The number of amides is 2. The molecule has 6 nitrogen and oxygen atoms in total. The van der Waals surface area contributed by atoms with E-state index in [2.05, 4.69) is 0 Å². The van der Waals surface area contributed by atoms with Gasteiger partial charge in [0.15, 0.2) is 0 Å². The van der Waals surface area contributed by atoms with Gasteiger partial charge in [0, 0.05) is 25.4 Å². The Morgan fingerprint density at radius 1 is 1.26 bits per heavy atom. The van der Waals surface area contributed by atoms with Crippen molar-refractivity contribution in [1.29, 1.82) is 0 Å². The molecule has 2 rings (SSSR count). The fourth-order valence-electron chi connectivity index (χ4n) is 2.57. The number of hydrogen-bond donors (Lipinski definition) is 1. The average Bonchev–Trinajstić information content (AvgIpc) is 2.99. The number of hydrogen-bond acceptors (Lipinski definition) is 5. The summed E-state index contributed by atoms with van der Waals surface area (Å²) in [5.74, 6) is 1.98. The van der Waals surface area contributed by atoms with Gasteiger partial charge in [-0.15, -0.1) is 11.8 Å². The number of piperidine rings is 1. The molecule has 0 aliphatic carbocycles. The molecule has 2 heterocycles. The molecule has 0 spiro atoms. The van der Waals surface area contributed by atoms with E-state index in [-0.39, 0.29) is 17.9 Å². The zero-order valence-electron chi connectivity index (χ0n) is 11.2. The van der Waals surface area contributed by atoms with Gasteiger partial charge in [-0.2, -0.15) is 0 Å². The van der Waals surface area contributed by atoms with Gasteiger partial charge in [0.2, 0.25) is 5.91 Å². The summed E-state index contributed by atoms with van der Waals surface area (Å²) in [5, 5.41) is 0. The largest absolute Gasteiger partial charge is 0.453 e. The fourth-order valence-corrected chi connectivity index (χ4v) is 3.53. The van der Waals surface area contributed by atoms with E-state index in [0.29, 0.717) is 13.1 Å². The van der Waals surface area contributed by atoms with Gasteiger partial charge in [-0.05, 0) is 18.8 Å². The van der Waals surface area contributed by atoms with Crippen LogP contribution in [0.3, 0.4) is 0 Å². The Bertz CT molecular complexity index is 339. The van der Waals surface area contributed by atoms with Crippen molar-refractivity contribution in [1.82, 2.24) is 9.80 Å². The first-order chi connectivity index (χ1) is 9.13. The molecule has 0 unspecified atom stereocenters. The summed E-state index contributed by atoms with van der Waals surface area (Å²) >= 11 is 1.76. The predicted molar refractivity (Wildman–Crippen MR) is 73.7 cm³/mol. The summed E-state index contributed by atoms with van der Waals surface area (Å²) in [7, 11) is 1.38. The van der Waals surface area contributed by atoms with E-state index in [1.54, 1.807) is 16.7 Å². The van der Waals surface area contributed by atoms with E-state index in [0.717, 1.165) is 31.0 Å². The molecular weight excluding hydrogens is 266 g/mol.